The summed E-state index contributed by atoms with van der Waals surface area (Å²) in [5.41, 5.74) is -1.07. The second-order valence-corrected chi connectivity index (χ2v) is 13.2. The number of benzene rings is 2. The van der Waals surface area contributed by atoms with Crippen LogP contribution in [0, 0.1) is 5.92 Å². The highest BCUT2D eigenvalue weighted by molar-refractivity contribution is 5.87. The molecule has 256 valence electrons. The first-order valence-corrected chi connectivity index (χ1v) is 16.3. The fraction of sp³-hybridized carbons (Fsp3) is 0.571. The summed E-state index contributed by atoms with van der Waals surface area (Å²) < 4.78 is 63.6. The molecule has 2 atom stereocenters. The van der Waals surface area contributed by atoms with Crippen molar-refractivity contribution in [3.8, 4) is 5.75 Å². The van der Waals surface area contributed by atoms with Gasteiger partial charge in [0, 0.05) is 57.3 Å². The number of methoxy groups -OCH3 is 1. The lowest BCUT2D eigenvalue weighted by molar-refractivity contribution is -0.145. The minimum Gasteiger partial charge on any atom is -0.497 e. The predicted molar refractivity (Wildman–Crippen MR) is 169 cm³/mol. The maximum atomic E-state index is 17.1. The zero-order chi connectivity index (χ0) is 33.9. The summed E-state index contributed by atoms with van der Waals surface area (Å²) in [7, 11) is 1.54. The van der Waals surface area contributed by atoms with Crippen molar-refractivity contribution in [1.29, 1.82) is 0 Å². The first-order valence-electron chi connectivity index (χ1n) is 16.3. The molecule has 0 spiro atoms. The van der Waals surface area contributed by atoms with Crippen LogP contribution in [0.15, 0.2) is 42.5 Å². The summed E-state index contributed by atoms with van der Waals surface area (Å²) in [6.07, 6.45) is -1.96. The van der Waals surface area contributed by atoms with Crippen molar-refractivity contribution in [3.63, 3.8) is 0 Å². The molecule has 47 heavy (non-hydrogen) atoms. The van der Waals surface area contributed by atoms with Crippen LogP contribution in [0.1, 0.15) is 74.0 Å². The number of alkyl halides is 4. The van der Waals surface area contributed by atoms with E-state index >= 15 is 4.39 Å². The third-order valence-corrected chi connectivity index (χ3v) is 10.1. The van der Waals surface area contributed by atoms with Gasteiger partial charge in [-0.15, -0.1) is 0 Å². The van der Waals surface area contributed by atoms with Crippen molar-refractivity contribution >= 4 is 23.3 Å². The quantitative estimate of drug-likeness (QED) is 0.318. The Morgan fingerprint density at radius 3 is 2.21 bits per heavy atom. The SMILES string of the molecule is COc1ccc(C2CN(CCCC(C)=O)C[C@@]2(F)C(=O)N2CCC(c3ccc(C(F)(F)F)cc3N3CCC(C(=O)O)CC3)CC2)cc1. The number of ketones is 1. The van der Waals surface area contributed by atoms with Crippen LogP contribution in [-0.2, 0) is 20.6 Å². The van der Waals surface area contributed by atoms with Crippen LogP contribution in [0.5, 0.6) is 5.75 Å². The Morgan fingerprint density at radius 2 is 1.64 bits per heavy atom. The fourth-order valence-electron chi connectivity index (χ4n) is 7.41. The Kier molecular flexibility index (Phi) is 10.5. The summed E-state index contributed by atoms with van der Waals surface area (Å²) in [4.78, 5) is 42.3. The third-order valence-electron chi connectivity index (χ3n) is 10.1. The molecule has 0 aliphatic carbocycles. The summed E-state index contributed by atoms with van der Waals surface area (Å²) >= 11 is 0. The molecule has 3 aliphatic heterocycles. The number of ether oxygens (including phenoxy) is 1. The van der Waals surface area contributed by atoms with E-state index in [0.717, 1.165) is 17.7 Å². The highest BCUT2D eigenvalue weighted by Gasteiger charge is 2.55. The van der Waals surface area contributed by atoms with Gasteiger partial charge in [0.1, 0.15) is 11.5 Å². The smallest absolute Gasteiger partial charge is 0.416 e. The van der Waals surface area contributed by atoms with Crippen LogP contribution in [0.4, 0.5) is 23.2 Å². The number of nitrogens with zero attached hydrogens (tertiary/aromatic N) is 3. The number of halogens is 4. The molecule has 3 aliphatic rings. The molecule has 1 amide bonds. The lowest BCUT2D eigenvalue weighted by Crippen LogP contribution is -2.52. The zero-order valence-electron chi connectivity index (χ0n) is 26.9. The first-order chi connectivity index (χ1) is 22.3. The second kappa shape index (κ2) is 14.2. The molecule has 2 aromatic carbocycles. The lowest BCUT2D eigenvalue weighted by Gasteiger charge is -2.39. The average Bonchev–Trinajstić information content (AvgIpc) is 3.40. The van der Waals surface area contributed by atoms with Gasteiger partial charge in [-0.05, 0) is 86.9 Å². The van der Waals surface area contributed by atoms with Gasteiger partial charge in [0.05, 0.1) is 18.6 Å². The van der Waals surface area contributed by atoms with Crippen LogP contribution in [-0.4, -0.2) is 91.2 Å². The van der Waals surface area contributed by atoms with Crippen LogP contribution in [0.3, 0.4) is 0 Å². The highest BCUT2D eigenvalue weighted by Crippen LogP contribution is 2.44. The molecule has 3 heterocycles. The van der Waals surface area contributed by atoms with Gasteiger partial charge in [-0.3, -0.25) is 14.5 Å². The molecule has 8 nitrogen and oxygen atoms in total. The van der Waals surface area contributed by atoms with Gasteiger partial charge in [-0.1, -0.05) is 18.2 Å². The number of Topliss-reactive ketones (excluding diaryl/α,β-unsaturated/α-hetero) is 1. The molecule has 0 bridgehead atoms. The molecule has 2 aromatic rings. The molecule has 1 unspecified atom stereocenters. The molecule has 0 radical (unpaired) electrons. The van der Waals surface area contributed by atoms with E-state index in [4.69, 9.17) is 4.74 Å². The third kappa shape index (κ3) is 7.74. The number of rotatable bonds is 10. The maximum Gasteiger partial charge on any atom is 0.416 e. The van der Waals surface area contributed by atoms with E-state index in [0.29, 0.717) is 81.7 Å². The van der Waals surface area contributed by atoms with E-state index in [2.05, 4.69) is 0 Å². The fourth-order valence-corrected chi connectivity index (χ4v) is 7.41. The number of carboxylic acid groups (broad SMARTS) is 1. The van der Waals surface area contributed by atoms with Crippen LogP contribution < -0.4 is 9.64 Å². The van der Waals surface area contributed by atoms with Crippen molar-refractivity contribution in [2.24, 2.45) is 5.92 Å². The number of carbonyl (C=O) groups is 3. The van der Waals surface area contributed by atoms with Gasteiger partial charge in [0.25, 0.3) is 5.91 Å². The van der Waals surface area contributed by atoms with Gasteiger partial charge >= 0.3 is 12.1 Å². The van der Waals surface area contributed by atoms with E-state index < -0.39 is 41.1 Å². The average molecular weight is 662 g/mol. The highest BCUT2D eigenvalue weighted by atomic mass is 19.4. The van der Waals surface area contributed by atoms with E-state index in [-0.39, 0.29) is 31.3 Å². The normalized spacial score (nSPS) is 23.2. The molecule has 3 saturated heterocycles. The Balaban J connectivity index is 1.33. The summed E-state index contributed by atoms with van der Waals surface area (Å²) in [5, 5.41) is 9.40. The van der Waals surface area contributed by atoms with Crippen LogP contribution in [0.25, 0.3) is 0 Å². The van der Waals surface area contributed by atoms with Gasteiger partial charge in [-0.2, -0.15) is 13.2 Å². The molecule has 0 saturated carbocycles. The molecule has 5 rings (SSSR count). The largest absolute Gasteiger partial charge is 0.497 e. The number of hydrogen-bond acceptors (Lipinski definition) is 6. The van der Waals surface area contributed by atoms with Gasteiger partial charge in [0.2, 0.25) is 5.67 Å². The number of hydrogen-bond donors (Lipinski definition) is 1. The number of piperidine rings is 2. The summed E-state index contributed by atoms with van der Waals surface area (Å²) in [6, 6.07) is 10.8. The molecule has 0 aromatic heterocycles. The van der Waals surface area contributed by atoms with E-state index in [9.17, 15) is 32.7 Å². The van der Waals surface area contributed by atoms with Crippen molar-refractivity contribution in [2.75, 3.05) is 57.8 Å². The zero-order valence-corrected chi connectivity index (χ0v) is 26.9. The van der Waals surface area contributed by atoms with E-state index in [1.54, 1.807) is 36.3 Å². The number of carboxylic acids is 1. The lowest BCUT2D eigenvalue weighted by atomic mass is 9.83. The maximum absolute atomic E-state index is 17.1. The molecule has 1 N–H and O–H groups in total. The molecule has 3 fully saturated rings. The van der Waals surface area contributed by atoms with Gasteiger partial charge < -0.3 is 24.4 Å². The number of aliphatic carboxylic acids is 1. The van der Waals surface area contributed by atoms with Crippen molar-refractivity contribution in [3.05, 3.63) is 59.2 Å². The predicted octanol–water partition coefficient (Wildman–Crippen LogP) is 5.90. The standard InChI is InChI=1S/C35H43F4N3O5/c1-23(43)4-3-15-40-21-30(25-5-8-28(47-2)9-6-25)34(36,22-40)33(46)42-18-11-24(12-19-42)29-10-7-27(35(37,38)39)20-31(29)41-16-13-26(14-17-41)32(44)45/h5-10,20,24,26,30H,3-4,11-19,21-22H2,1-2H3,(H,44,45)/t30?,34-/m0/s1. The minimum atomic E-state index is -4.53. The van der Waals surface area contributed by atoms with Crippen molar-refractivity contribution in [2.45, 2.75) is 69.1 Å². The minimum absolute atomic E-state index is 0.0577. The number of carbonyl (C=O) groups excluding carboxylic acids is 2. The Bertz CT molecular complexity index is 1440. The Hall–Kier alpha value is -3.67. The second-order valence-electron chi connectivity index (χ2n) is 13.2. The Morgan fingerprint density at radius 1 is 0.979 bits per heavy atom. The first kappa shape index (κ1) is 34.7. The number of anilines is 1. The van der Waals surface area contributed by atoms with E-state index in [1.165, 1.54) is 13.0 Å². The molecular formula is C35H43F4N3O5. The van der Waals surface area contributed by atoms with E-state index in [1.807, 2.05) is 9.80 Å². The van der Waals surface area contributed by atoms with Gasteiger partial charge in [0.15, 0.2) is 0 Å². The van der Waals surface area contributed by atoms with Crippen LogP contribution in [0.2, 0.25) is 0 Å². The number of likely N-dealkylation sites (tertiary alicyclic amines) is 2. The van der Waals surface area contributed by atoms with Crippen molar-refractivity contribution in [1.82, 2.24) is 9.80 Å². The van der Waals surface area contributed by atoms with Gasteiger partial charge in [-0.25, -0.2) is 4.39 Å². The summed E-state index contributed by atoms with van der Waals surface area (Å²) in [6.45, 7) is 3.45. The van der Waals surface area contributed by atoms with Crippen LogP contribution >= 0.6 is 0 Å². The Labute approximate surface area is 272 Å². The summed E-state index contributed by atoms with van der Waals surface area (Å²) in [5.74, 6) is -2.19. The monoisotopic (exact) mass is 661 g/mol. The topological polar surface area (TPSA) is 90.4 Å². The van der Waals surface area contributed by atoms with Crippen molar-refractivity contribution < 1.29 is 41.8 Å². The molecule has 12 heteroatoms. The number of amides is 1. The molecular weight excluding hydrogens is 618 g/mol.